The fourth-order valence-corrected chi connectivity index (χ4v) is 6.61. The van der Waals surface area contributed by atoms with Crippen molar-refractivity contribution in [3.8, 4) is 17.2 Å². The number of phenols is 1. The highest BCUT2D eigenvalue weighted by Gasteiger charge is 2.53. The van der Waals surface area contributed by atoms with E-state index in [9.17, 15) is 9.90 Å². The Morgan fingerprint density at radius 2 is 2.00 bits per heavy atom. The molecule has 2 aromatic carbocycles. The largest absolute Gasteiger partial charge is 0.508 e. The number of ketones is 1. The van der Waals surface area contributed by atoms with Gasteiger partial charge in [0.2, 0.25) is 6.79 Å². The summed E-state index contributed by atoms with van der Waals surface area (Å²) in [5.41, 5.74) is 3.61. The second-order valence-electron chi connectivity index (χ2n) is 9.33. The molecule has 5 nitrogen and oxygen atoms in total. The number of piperidine rings is 1. The van der Waals surface area contributed by atoms with Crippen molar-refractivity contribution in [1.82, 2.24) is 4.90 Å². The number of fused-ring (bicyclic) bond motifs is 2. The summed E-state index contributed by atoms with van der Waals surface area (Å²) in [6.45, 7) is 1.61. The smallest absolute Gasteiger partial charge is 0.231 e. The molecule has 3 atom stereocenters. The minimum atomic E-state index is 0.146. The minimum Gasteiger partial charge on any atom is -0.508 e. The summed E-state index contributed by atoms with van der Waals surface area (Å²) in [6.07, 6.45) is 6.98. The van der Waals surface area contributed by atoms with Crippen LogP contribution in [-0.4, -0.2) is 41.7 Å². The summed E-state index contributed by atoms with van der Waals surface area (Å²) in [4.78, 5) is 15.6. The second-order valence-corrected chi connectivity index (χ2v) is 9.33. The molecule has 0 spiro atoms. The third kappa shape index (κ3) is 2.68. The number of benzene rings is 2. The molecule has 0 unspecified atom stereocenters. The van der Waals surface area contributed by atoms with Crippen molar-refractivity contribution >= 4 is 5.78 Å². The average molecular weight is 405 g/mol. The van der Waals surface area contributed by atoms with Gasteiger partial charge in [-0.3, -0.25) is 9.69 Å². The maximum absolute atomic E-state index is 13.2. The minimum absolute atomic E-state index is 0.146. The van der Waals surface area contributed by atoms with E-state index in [0.717, 1.165) is 19.4 Å². The molecule has 2 heterocycles. The Kier molecular flexibility index (Phi) is 4.10. The molecular formula is C25H27NO4. The first kappa shape index (κ1) is 18.3. The maximum atomic E-state index is 13.2. The Bertz CT molecular complexity index is 1020. The Balaban J connectivity index is 1.30. The van der Waals surface area contributed by atoms with Gasteiger partial charge in [0.05, 0.1) is 6.54 Å². The van der Waals surface area contributed by atoms with Gasteiger partial charge < -0.3 is 14.6 Å². The van der Waals surface area contributed by atoms with E-state index in [1.165, 1.54) is 36.8 Å². The van der Waals surface area contributed by atoms with Crippen molar-refractivity contribution in [2.45, 2.75) is 50.0 Å². The molecule has 2 aromatic rings. The van der Waals surface area contributed by atoms with Crippen molar-refractivity contribution in [1.29, 1.82) is 0 Å². The van der Waals surface area contributed by atoms with E-state index in [0.29, 0.717) is 41.3 Å². The van der Waals surface area contributed by atoms with Crippen molar-refractivity contribution in [3.05, 3.63) is 53.1 Å². The van der Waals surface area contributed by atoms with Crippen LogP contribution in [0.15, 0.2) is 36.4 Å². The third-order valence-electron chi connectivity index (χ3n) is 7.98. The summed E-state index contributed by atoms with van der Waals surface area (Å²) >= 11 is 0. The lowest BCUT2D eigenvalue weighted by molar-refractivity contribution is -0.00848. The van der Waals surface area contributed by atoms with Crippen molar-refractivity contribution < 1.29 is 19.4 Å². The summed E-state index contributed by atoms with van der Waals surface area (Å²) < 4.78 is 10.8. The highest BCUT2D eigenvalue weighted by atomic mass is 16.7. The molecule has 1 N–H and O–H groups in total. The van der Waals surface area contributed by atoms with Gasteiger partial charge in [0.25, 0.3) is 0 Å². The molecule has 1 saturated carbocycles. The monoisotopic (exact) mass is 405 g/mol. The maximum Gasteiger partial charge on any atom is 0.231 e. The SMILES string of the molecule is O=C(CN1CC[C@]23CCCC[C@H]2[C@@H]1Cc1ccc(O)cc13)c1ccc2c(c1)OCO2. The topological polar surface area (TPSA) is 59.0 Å². The average Bonchev–Trinajstić information content (AvgIpc) is 3.24. The lowest BCUT2D eigenvalue weighted by atomic mass is 9.52. The molecule has 2 aliphatic carbocycles. The standard InChI is InChI=1S/C25H27NO4/c27-18-6-4-16-11-21-19-3-1-2-8-25(19,20(16)13-18)9-10-26(21)14-22(28)17-5-7-23-24(12-17)30-15-29-23/h4-7,12-13,19,21,27H,1-3,8-11,14-15H2/t19-,21-,25+/m0/s1. The van der Waals surface area contributed by atoms with Gasteiger partial charge in [-0.05, 0) is 79.6 Å². The third-order valence-corrected chi connectivity index (χ3v) is 7.98. The van der Waals surface area contributed by atoms with Crippen LogP contribution in [0.3, 0.4) is 0 Å². The Hall–Kier alpha value is -2.53. The summed E-state index contributed by atoms with van der Waals surface area (Å²) in [5, 5.41) is 10.2. The van der Waals surface area contributed by atoms with E-state index >= 15 is 0 Å². The van der Waals surface area contributed by atoms with Crippen molar-refractivity contribution in [3.63, 3.8) is 0 Å². The highest BCUT2D eigenvalue weighted by Crippen LogP contribution is 2.56. The molecule has 2 fully saturated rings. The number of likely N-dealkylation sites (tertiary alicyclic amines) is 1. The van der Waals surface area contributed by atoms with Crippen LogP contribution < -0.4 is 9.47 Å². The molecule has 4 aliphatic rings. The summed E-state index contributed by atoms with van der Waals surface area (Å²) in [7, 11) is 0. The van der Waals surface area contributed by atoms with Gasteiger partial charge >= 0.3 is 0 Å². The quantitative estimate of drug-likeness (QED) is 0.781. The zero-order chi connectivity index (χ0) is 20.3. The Morgan fingerprint density at radius 3 is 2.93 bits per heavy atom. The predicted molar refractivity (Wildman–Crippen MR) is 112 cm³/mol. The molecule has 156 valence electrons. The van der Waals surface area contributed by atoms with Crippen LogP contribution in [0.1, 0.15) is 53.6 Å². The van der Waals surface area contributed by atoms with Gasteiger partial charge in [0.1, 0.15) is 5.75 Å². The van der Waals surface area contributed by atoms with E-state index in [1.54, 1.807) is 0 Å². The first-order chi connectivity index (χ1) is 14.6. The molecule has 5 heteroatoms. The number of carbonyl (C=O) groups excluding carboxylic acids is 1. The lowest BCUT2D eigenvalue weighted by Gasteiger charge is -2.59. The number of hydrogen-bond acceptors (Lipinski definition) is 5. The molecule has 2 bridgehead atoms. The normalized spacial score (nSPS) is 29.2. The molecule has 1 saturated heterocycles. The highest BCUT2D eigenvalue weighted by molar-refractivity contribution is 5.98. The molecule has 0 aromatic heterocycles. The van der Waals surface area contributed by atoms with Gasteiger partial charge in [0.15, 0.2) is 17.3 Å². The van der Waals surface area contributed by atoms with Crippen LogP contribution in [0.2, 0.25) is 0 Å². The van der Waals surface area contributed by atoms with Gasteiger partial charge in [-0.2, -0.15) is 0 Å². The number of rotatable bonds is 3. The predicted octanol–water partition coefficient (Wildman–Crippen LogP) is 4.06. The summed E-state index contributed by atoms with van der Waals surface area (Å²) in [5.74, 6) is 2.47. The first-order valence-electron chi connectivity index (χ1n) is 11.1. The molecule has 2 aliphatic heterocycles. The Morgan fingerprint density at radius 1 is 1.10 bits per heavy atom. The summed E-state index contributed by atoms with van der Waals surface area (Å²) in [6, 6.07) is 11.8. The van der Waals surface area contributed by atoms with Crippen LogP contribution >= 0.6 is 0 Å². The number of hydrogen-bond donors (Lipinski definition) is 1. The van der Waals surface area contributed by atoms with Crippen LogP contribution in [0.5, 0.6) is 17.2 Å². The van der Waals surface area contributed by atoms with Crippen molar-refractivity contribution in [2.75, 3.05) is 19.9 Å². The van der Waals surface area contributed by atoms with E-state index in [4.69, 9.17) is 9.47 Å². The number of aromatic hydroxyl groups is 1. The van der Waals surface area contributed by atoms with E-state index in [2.05, 4.69) is 11.0 Å². The number of nitrogens with zero attached hydrogens (tertiary/aromatic N) is 1. The number of carbonyl (C=O) groups is 1. The zero-order valence-electron chi connectivity index (χ0n) is 17.1. The molecule has 0 amide bonds. The van der Waals surface area contributed by atoms with Crippen molar-refractivity contribution in [2.24, 2.45) is 5.92 Å². The molecule has 6 rings (SSSR count). The fraction of sp³-hybridized carbons (Fsp3) is 0.480. The number of Topliss-reactive ketones (excluding diaryl/α,β-unsaturated/α-hetero) is 1. The van der Waals surface area contributed by atoms with Crippen LogP contribution in [0.25, 0.3) is 0 Å². The second kappa shape index (κ2) is 6.74. The first-order valence-corrected chi connectivity index (χ1v) is 11.1. The van der Waals surface area contributed by atoms with Gasteiger partial charge in [0, 0.05) is 17.0 Å². The van der Waals surface area contributed by atoms with E-state index in [1.807, 2.05) is 30.3 Å². The van der Waals surface area contributed by atoms with E-state index < -0.39 is 0 Å². The number of ether oxygens (including phenoxy) is 2. The zero-order valence-corrected chi connectivity index (χ0v) is 17.1. The molecule has 0 radical (unpaired) electrons. The van der Waals surface area contributed by atoms with Gasteiger partial charge in [-0.25, -0.2) is 0 Å². The molecular weight excluding hydrogens is 378 g/mol. The Labute approximate surface area is 176 Å². The van der Waals surface area contributed by atoms with Gasteiger partial charge in [-0.15, -0.1) is 0 Å². The lowest BCUT2D eigenvalue weighted by Crippen LogP contribution is -2.61. The van der Waals surface area contributed by atoms with Crippen LogP contribution in [0, 0.1) is 5.92 Å². The van der Waals surface area contributed by atoms with Gasteiger partial charge in [-0.1, -0.05) is 18.9 Å². The number of phenolic OH excluding ortho intramolecular Hbond substituents is 1. The van der Waals surface area contributed by atoms with Crippen LogP contribution in [0.4, 0.5) is 0 Å². The van der Waals surface area contributed by atoms with Crippen LogP contribution in [-0.2, 0) is 11.8 Å². The van der Waals surface area contributed by atoms with E-state index in [-0.39, 0.29) is 18.0 Å². The molecule has 30 heavy (non-hydrogen) atoms. The fourth-order valence-electron chi connectivity index (χ4n) is 6.61.